The topological polar surface area (TPSA) is 101 Å². The average molecular weight is 266 g/mol. The zero-order valence-corrected chi connectivity index (χ0v) is 10.8. The normalized spacial score (nSPS) is 10.9. The van der Waals surface area contributed by atoms with Crippen LogP contribution in [0.1, 0.15) is 51.8 Å². The van der Waals surface area contributed by atoms with Gasteiger partial charge in [-0.1, -0.05) is 6.07 Å². The third kappa shape index (κ3) is 3.54. The molecule has 0 saturated carbocycles. The van der Waals surface area contributed by atoms with Gasteiger partial charge in [0.2, 0.25) is 0 Å². The van der Waals surface area contributed by atoms with Gasteiger partial charge in [-0.25, -0.2) is 14.4 Å². The minimum Gasteiger partial charge on any atom is -0.478 e. The predicted octanol–water partition coefficient (Wildman–Crippen LogP) is 2.04. The van der Waals surface area contributed by atoms with Crippen LogP contribution < -0.4 is 0 Å². The van der Waals surface area contributed by atoms with Crippen LogP contribution in [0.3, 0.4) is 0 Å². The minimum atomic E-state index is -1.39. The standard InChI is InChI=1S/C13H14O6/c1-13(2,3)19-12(18)9-7(10(14)15)5-4-6-8(9)11(16)17/h4-6H,1-3H3,(H,14,15)(H,16,17). The highest BCUT2D eigenvalue weighted by molar-refractivity contribution is 6.09. The van der Waals surface area contributed by atoms with E-state index in [9.17, 15) is 14.4 Å². The number of ether oxygens (including phenoxy) is 1. The summed E-state index contributed by atoms with van der Waals surface area (Å²) < 4.78 is 5.04. The Morgan fingerprint density at radius 3 is 1.74 bits per heavy atom. The molecule has 0 heterocycles. The van der Waals surface area contributed by atoms with Gasteiger partial charge in [0, 0.05) is 0 Å². The van der Waals surface area contributed by atoms with E-state index in [0.717, 1.165) is 12.1 Å². The van der Waals surface area contributed by atoms with Crippen molar-refractivity contribution in [3.8, 4) is 0 Å². The van der Waals surface area contributed by atoms with E-state index in [1.54, 1.807) is 20.8 Å². The Labute approximate surface area is 109 Å². The molecule has 0 amide bonds. The second-order valence-electron chi connectivity index (χ2n) is 4.84. The SMILES string of the molecule is CC(C)(C)OC(=O)c1c(C(=O)O)cccc1C(=O)O. The number of carbonyl (C=O) groups excluding carboxylic acids is 1. The van der Waals surface area contributed by atoms with Crippen LogP contribution in [0.2, 0.25) is 0 Å². The number of hydrogen-bond donors (Lipinski definition) is 2. The van der Waals surface area contributed by atoms with Gasteiger partial charge in [0.05, 0.1) is 16.7 Å². The van der Waals surface area contributed by atoms with E-state index in [0.29, 0.717) is 0 Å². The Morgan fingerprint density at radius 2 is 1.42 bits per heavy atom. The molecule has 0 spiro atoms. The van der Waals surface area contributed by atoms with Crippen LogP contribution in [-0.2, 0) is 4.74 Å². The second kappa shape index (κ2) is 5.09. The number of aromatic carboxylic acids is 2. The molecule has 0 aliphatic rings. The van der Waals surface area contributed by atoms with Crippen LogP contribution in [0.25, 0.3) is 0 Å². The summed E-state index contributed by atoms with van der Waals surface area (Å²) in [7, 11) is 0. The molecular formula is C13H14O6. The monoisotopic (exact) mass is 266 g/mol. The maximum Gasteiger partial charge on any atom is 0.340 e. The Bertz CT molecular complexity index is 506. The van der Waals surface area contributed by atoms with Crippen molar-refractivity contribution in [1.82, 2.24) is 0 Å². The number of rotatable bonds is 3. The molecule has 19 heavy (non-hydrogen) atoms. The zero-order chi connectivity index (χ0) is 14.8. The molecule has 0 aliphatic carbocycles. The highest BCUT2D eigenvalue weighted by atomic mass is 16.6. The number of carboxylic acid groups (broad SMARTS) is 2. The number of esters is 1. The Kier molecular flexibility index (Phi) is 3.94. The summed E-state index contributed by atoms with van der Waals surface area (Å²) in [5, 5.41) is 18.0. The van der Waals surface area contributed by atoms with Gasteiger partial charge in [-0.05, 0) is 32.9 Å². The summed E-state index contributed by atoms with van der Waals surface area (Å²) in [4.78, 5) is 34.1. The quantitative estimate of drug-likeness (QED) is 0.812. The lowest BCUT2D eigenvalue weighted by Crippen LogP contribution is -2.26. The van der Waals surface area contributed by atoms with Crippen molar-refractivity contribution in [1.29, 1.82) is 0 Å². The van der Waals surface area contributed by atoms with E-state index in [4.69, 9.17) is 14.9 Å². The molecule has 0 atom stereocenters. The fraction of sp³-hybridized carbons (Fsp3) is 0.308. The van der Waals surface area contributed by atoms with Crippen LogP contribution in [0.4, 0.5) is 0 Å². The highest BCUT2D eigenvalue weighted by Gasteiger charge is 2.27. The van der Waals surface area contributed by atoms with Gasteiger partial charge < -0.3 is 14.9 Å². The molecule has 0 saturated heterocycles. The zero-order valence-electron chi connectivity index (χ0n) is 10.8. The highest BCUT2D eigenvalue weighted by Crippen LogP contribution is 2.20. The fourth-order valence-electron chi connectivity index (χ4n) is 1.46. The lowest BCUT2D eigenvalue weighted by molar-refractivity contribution is 0.00622. The predicted molar refractivity (Wildman–Crippen MR) is 65.5 cm³/mol. The molecule has 0 radical (unpaired) electrons. The lowest BCUT2D eigenvalue weighted by Gasteiger charge is -2.20. The number of hydrogen-bond acceptors (Lipinski definition) is 4. The van der Waals surface area contributed by atoms with E-state index in [1.807, 2.05) is 0 Å². The first kappa shape index (κ1) is 14.7. The summed E-state index contributed by atoms with van der Waals surface area (Å²) in [5.74, 6) is -3.74. The van der Waals surface area contributed by atoms with Crippen LogP contribution in [0, 0.1) is 0 Å². The Hall–Kier alpha value is -2.37. The first-order valence-electron chi connectivity index (χ1n) is 5.46. The first-order chi connectivity index (χ1) is 8.63. The molecule has 0 unspecified atom stereocenters. The van der Waals surface area contributed by atoms with Crippen molar-refractivity contribution in [2.24, 2.45) is 0 Å². The first-order valence-corrected chi connectivity index (χ1v) is 5.46. The second-order valence-corrected chi connectivity index (χ2v) is 4.84. The smallest absolute Gasteiger partial charge is 0.340 e. The van der Waals surface area contributed by atoms with Crippen molar-refractivity contribution >= 4 is 17.9 Å². The van der Waals surface area contributed by atoms with Crippen molar-refractivity contribution in [3.63, 3.8) is 0 Å². The van der Waals surface area contributed by atoms with Gasteiger partial charge in [-0.3, -0.25) is 0 Å². The van der Waals surface area contributed by atoms with Crippen LogP contribution in [0.5, 0.6) is 0 Å². The summed E-state index contributed by atoms with van der Waals surface area (Å²) in [6.45, 7) is 4.82. The van der Waals surface area contributed by atoms with Gasteiger partial charge >= 0.3 is 17.9 Å². The van der Waals surface area contributed by atoms with Gasteiger partial charge in [0.15, 0.2) is 0 Å². The van der Waals surface area contributed by atoms with E-state index in [-0.39, 0.29) is 0 Å². The molecule has 2 N–H and O–H groups in total. The Balaban J connectivity index is 3.41. The molecule has 0 aromatic heterocycles. The summed E-state index contributed by atoms with van der Waals surface area (Å²) in [5.41, 5.74) is -2.08. The average Bonchev–Trinajstić information content (AvgIpc) is 2.25. The van der Waals surface area contributed by atoms with E-state index < -0.39 is 40.2 Å². The van der Waals surface area contributed by atoms with E-state index >= 15 is 0 Å². The molecule has 0 bridgehead atoms. The number of benzene rings is 1. The molecule has 102 valence electrons. The fourth-order valence-corrected chi connectivity index (χ4v) is 1.46. The maximum atomic E-state index is 12.0. The van der Waals surface area contributed by atoms with Gasteiger partial charge in [-0.15, -0.1) is 0 Å². The van der Waals surface area contributed by atoms with E-state index in [2.05, 4.69) is 0 Å². The maximum absolute atomic E-state index is 12.0. The molecular weight excluding hydrogens is 252 g/mol. The van der Waals surface area contributed by atoms with Gasteiger partial charge in [0.1, 0.15) is 5.60 Å². The molecule has 6 heteroatoms. The summed E-state index contributed by atoms with van der Waals surface area (Å²) >= 11 is 0. The molecule has 0 aliphatic heterocycles. The van der Waals surface area contributed by atoms with Crippen LogP contribution in [-0.4, -0.2) is 33.7 Å². The molecule has 1 aromatic carbocycles. The number of carbonyl (C=O) groups is 3. The molecule has 1 rings (SSSR count). The van der Waals surface area contributed by atoms with Crippen molar-refractivity contribution in [2.75, 3.05) is 0 Å². The molecule has 6 nitrogen and oxygen atoms in total. The van der Waals surface area contributed by atoms with Crippen LogP contribution >= 0.6 is 0 Å². The lowest BCUT2D eigenvalue weighted by atomic mass is 10.0. The largest absolute Gasteiger partial charge is 0.478 e. The third-order valence-electron chi connectivity index (χ3n) is 2.13. The molecule has 0 fully saturated rings. The van der Waals surface area contributed by atoms with Gasteiger partial charge in [-0.2, -0.15) is 0 Å². The Morgan fingerprint density at radius 1 is 1.00 bits per heavy atom. The van der Waals surface area contributed by atoms with Gasteiger partial charge in [0.25, 0.3) is 0 Å². The van der Waals surface area contributed by atoms with Crippen molar-refractivity contribution in [2.45, 2.75) is 26.4 Å². The minimum absolute atomic E-state index is 0.394. The summed E-state index contributed by atoms with van der Waals surface area (Å²) in [6, 6.07) is 3.59. The van der Waals surface area contributed by atoms with Crippen molar-refractivity contribution < 1.29 is 29.3 Å². The molecule has 1 aromatic rings. The van der Waals surface area contributed by atoms with E-state index in [1.165, 1.54) is 6.07 Å². The third-order valence-corrected chi connectivity index (χ3v) is 2.13. The van der Waals surface area contributed by atoms with Crippen molar-refractivity contribution in [3.05, 3.63) is 34.9 Å². The number of carboxylic acids is 2. The van der Waals surface area contributed by atoms with Crippen LogP contribution in [0.15, 0.2) is 18.2 Å². The summed E-state index contributed by atoms with van der Waals surface area (Å²) in [6.07, 6.45) is 0.